The van der Waals surface area contributed by atoms with E-state index < -0.39 is 0 Å². The summed E-state index contributed by atoms with van der Waals surface area (Å²) in [4.78, 5) is 0. The van der Waals surface area contributed by atoms with Crippen LogP contribution in [0, 0.1) is 0 Å². The van der Waals surface area contributed by atoms with Crippen LogP contribution < -0.4 is 11.1 Å². The van der Waals surface area contributed by atoms with Gasteiger partial charge in [0, 0.05) is 19.2 Å². The molecule has 7 heteroatoms. The van der Waals surface area contributed by atoms with Crippen LogP contribution in [0.4, 0.5) is 0 Å². The Hall–Kier alpha value is -1.63. The van der Waals surface area contributed by atoms with E-state index in [2.05, 4.69) is 20.8 Å². The lowest BCUT2D eigenvalue weighted by atomic mass is 10.3. The van der Waals surface area contributed by atoms with Crippen LogP contribution in [0.15, 0.2) is 17.5 Å². The number of hydrogen-bond donors (Lipinski definition) is 3. The minimum absolute atomic E-state index is 0.271. The van der Waals surface area contributed by atoms with Gasteiger partial charge in [0.2, 0.25) is 0 Å². The van der Waals surface area contributed by atoms with Crippen LogP contribution in [0.25, 0.3) is 0 Å². The van der Waals surface area contributed by atoms with E-state index in [1.807, 2.05) is 6.20 Å². The van der Waals surface area contributed by atoms with Gasteiger partial charge in [0.25, 0.3) is 0 Å². The lowest BCUT2D eigenvalue weighted by Crippen LogP contribution is -2.22. The lowest BCUT2D eigenvalue weighted by molar-refractivity contribution is 0.316. The molecule has 7 nitrogen and oxygen atoms in total. The summed E-state index contributed by atoms with van der Waals surface area (Å²) in [6.45, 7) is 2.47. The van der Waals surface area contributed by atoms with E-state index in [4.69, 9.17) is 10.9 Å². The number of aromatic nitrogens is 3. The monoisotopic (exact) mass is 212 g/mol. The zero-order chi connectivity index (χ0) is 10.9. The lowest BCUT2D eigenvalue weighted by Gasteiger charge is -2.03. The maximum atomic E-state index is 8.29. The maximum absolute atomic E-state index is 8.29. The predicted molar refractivity (Wildman–Crippen MR) is 55.5 cm³/mol. The zero-order valence-corrected chi connectivity index (χ0v) is 8.50. The van der Waals surface area contributed by atoms with Crippen molar-refractivity contribution in [1.82, 2.24) is 20.3 Å². The Bertz CT molecular complexity index is 283. The molecule has 0 aliphatic rings. The van der Waals surface area contributed by atoms with Crippen molar-refractivity contribution in [3.63, 3.8) is 0 Å². The molecule has 1 aromatic heterocycles. The van der Waals surface area contributed by atoms with Crippen molar-refractivity contribution in [1.29, 1.82) is 0 Å². The second-order valence-corrected chi connectivity index (χ2v) is 3.11. The fourth-order valence-electron chi connectivity index (χ4n) is 1.12. The minimum Gasteiger partial charge on any atom is -0.409 e. The summed E-state index contributed by atoms with van der Waals surface area (Å²) in [5.74, 6) is 0.271. The number of rotatable bonds is 7. The molecule has 0 aliphatic carbocycles. The molecule has 0 aliphatic heterocycles. The van der Waals surface area contributed by atoms with Crippen LogP contribution in [0.3, 0.4) is 0 Å². The molecule has 0 unspecified atom stereocenters. The van der Waals surface area contributed by atoms with Crippen LogP contribution in [0.1, 0.15) is 12.8 Å². The topological polar surface area (TPSA) is 101 Å². The van der Waals surface area contributed by atoms with Gasteiger partial charge in [0.1, 0.15) is 5.84 Å². The smallest absolute Gasteiger partial charge is 0.139 e. The summed E-state index contributed by atoms with van der Waals surface area (Å²) in [5, 5.41) is 21.9. The molecule has 0 amide bonds. The number of amidine groups is 1. The van der Waals surface area contributed by atoms with E-state index in [0.29, 0.717) is 6.42 Å². The summed E-state index contributed by atoms with van der Waals surface area (Å²) < 4.78 is 1.76. The molecular formula is C8H16N6O. The van der Waals surface area contributed by atoms with Crippen LogP contribution >= 0.6 is 0 Å². The Morgan fingerprint density at radius 3 is 3.07 bits per heavy atom. The van der Waals surface area contributed by atoms with Gasteiger partial charge in [-0.3, -0.25) is 4.68 Å². The van der Waals surface area contributed by atoms with Crippen molar-refractivity contribution in [2.75, 3.05) is 13.1 Å². The van der Waals surface area contributed by atoms with Gasteiger partial charge in [-0.25, -0.2) is 0 Å². The van der Waals surface area contributed by atoms with Crippen LogP contribution in [0.2, 0.25) is 0 Å². The van der Waals surface area contributed by atoms with E-state index >= 15 is 0 Å². The first-order chi connectivity index (χ1) is 7.33. The molecule has 0 bridgehead atoms. The zero-order valence-electron chi connectivity index (χ0n) is 8.50. The molecule has 4 N–H and O–H groups in total. The fraction of sp³-hybridized carbons (Fsp3) is 0.625. The van der Waals surface area contributed by atoms with Gasteiger partial charge in [-0.2, -0.15) is 0 Å². The highest BCUT2D eigenvalue weighted by Gasteiger charge is 1.94. The van der Waals surface area contributed by atoms with Crippen molar-refractivity contribution in [3.8, 4) is 0 Å². The van der Waals surface area contributed by atoms with Gasteiger partial charge < -0.3 is 16.3 Å². The van der Waals surface area contributed by atoms with Gasteiger partial charge in [0.15, 0.2) is 0 Å². The van der Waals surface area contributed by atoms with E-state index in [0.717, 1.165) is 26.1 Å². The molecule has 1 heterocycles. The van der Waals surface area contributed by atoms with Gasteiger partial charge in [-0.05, 0) is 13.0 Å². The molecule has 0 aromatic carbocycles. The highest BCUT2D eigenvalue weighted by molar-refractivity contribution is 5.79. The largest absolute Gasteiger partial charge is 0.409 e. The maximum Gasteiger partial charge on any atom is 0.139 e. The summed E-state index contributed by atoms with van der Waals surface area (Å²) in [7, 11) is 0. The molecule has 84 valence electrons. The second-order valence-electron chi connectivity index (χ2n) is 3.11. The fourth-order valence-corrected chi connectivity index (χ4v) is 1.12. The predicted octanol–water partition coefficient (Wildman–Crippen LogP) is -0.606. The summed E-state index contributed by atoms with van der Waals surface area (Å²) in [6.07, 6.45) is 4.93. The highest BCUT2D eigenvalue weighted by atomic mass is 16.4. The van der Waals surface area contributed by atoms with Gasteiger partial charge in [-0.1, -0.05) is 10.4 Å². The van der Waals surface area contributed by atoms with Crippen molar-refractivity contribution in [2.24, 2.45) is 10.9 Å². The Kier molecular flexibility index (Phi) is 5.16. The Labute approximate surface area is 87.9 Å². The standard InChI is InChI=1S/C8H16N6O/c9-8(12-15)2-1-3-10-4-6-14-7-5-11-13-14/h5,7,10,15H,1-4,6H2,(H2,9,12). The number of nitrogens with zero attached hydrogens (tertiary/aromatic N) is 4. The highest BCUT2D eigenvalue weighted by Crippen LogP contribution is 1.86. The van der Waals surface area contributed by atoms with Crippen LogP contribution in [0.5, 0.6) is 0 Å². The third-order valence-electron chi connectivity index (χ3n) is 1.90. The molecule has 0 saturated heterocycles. The molecular weight excluding hydrogens is 196 g/mol. The molecule has 0 saturated carbocycles. The van der Waals surface area contributed by atoms with E-state index in [-0.39, 0.29) is 5.84 Å². The van der Waals surface area contributed by atoms with Crippen molar-refractivity contribution < 1.29 is 5.21 Å². The van der Waals surface area contributed by atoms with E-state index in [1.54, 1.807) is 10.9 Å². The number of hydrogen-bond acceptors (Lipinski definition) is 5. The summed E-state index contributed by atoms with van der Waals surface area (Å²) >= 11 is 0. The van der Waals surface area contributed by atoms with Gasteiger partial charge in [-0.15, -0.1) is 5.10 Å². The minimum atomic E-state index is 0.271. The Balaban J connectivity index is 1.94. The van der Waals surface area contributed by atoms with Crippen molar-refractivity contribution >= 4 is 5.84 Å². The molecule has 1 rings (SSSR count). The number of oxime groups is 1. The first-order valence-electron chi connectivity index (χ1n) is 4.84. The second kappa shape index (κ2) is 6.77. The summed E-state index contributed by atoms with van der Waals surface area (Å²) in [5.41, 5.74) is 5.31. The Morgan fingerprint density at radius 1 is 1.53 bits per heavy atom. The van der Waals surface area contributed by atoms with Crippen molar-refractivity contribution in [3.05, 3.63) is 12.4 Å². The molecule has 0 radical (unpaired) electrons. The SMILES string of the molecule is N/C(CCCNCCn1ccnn1)=N/O. The third-order valence-corrected chi connectivity index (χ3v) is 1.90. The molecule has 0 spiro atoms. The molecule has 0 fully saturated rings. The third kappa shape index (κ3) is 4.96. The van der Waals surface area contributed by atoms with E-state index in [9.17, 15) is 0 Å². The normalized spacial score (nSPS) is 11.9. The quantitative estimate of drug-likeness (QED) is 0.184. The van der Waals surface area contributed by atoms with Crippen LogP contribution in [-0.2, 0) is 6.54 Å². The summed E-state index contributed by atoms with van der Waals surface area (Å²) in [6, 6.07) is 0. The van der Waals surface area contributed by atoms with Gasteiger partial charge >= 0.3 is 0 Å². The van der Waals surface area contributed by atoms with E-state index in [1.165, 1.54) is 0 Å². The Morgan fingerprint density at radius 2 is 2.40 bits per heavy atom. The van der Waals surface area contributed by atoms with Crippen LogP contribution in [-0.4, -0.2) is 39.1 Å². The number of nitrogens with two attached hydrogens (primary N) is 1. The first kappa shape index (κ1) is 11.4. The number of nitrogens with one attached hydrogen (secondary N) is 1. The average molecular weight is 212 g/mol. The average Bonchev–Trinajstić information content (AvgIpc) is 2.75. The van der Waals surface area contributed by atoms with Crippen molar-refractivity contribution in [2.45, 2.75) is 19.4 Å². The molecule has 1 aromatic rings. The molecule has 0 atom stereocenters. The van der Waals surface area contributed by atoms with Gasteiger partial charge in [0.05, 0.1) is 12.7 Å². The molecule has 15 heavy (non-hydrogen) atoms. The first-order valence-corrected chi connectivity index (χ1v) is 4.84.